The molecule has 0 bridgehead atoms. The third kappa shape index (κ3) is 2.17. The highest BCUT2D eigenvalue weighted by Gasteiger charge is 2.08. The molecule has 0 aliphatic heterocycles. The van der Waals surface area contributed by atoms with E-state index in [1.807, 2.05) is 31.6 Å². The molecule has 2 heterocycles. The molecule has 0 aliphatic rings. The molecular formula is C12H17N3O. The molecule has 2 aromatic heterocycles. The fraction of sp³-hybridized carbons (Fsp3) is 0.417. The summed E-state index contributed by atoms with van der Waals surface area (Å²) in [6, 6.07) is 4.08. The molecule has 0 unspecified atom stereocenters. The van der Waals surface area contributed by atoms with Gasteiger partial charge in [-0.3, -0.25) is 4.68 Å². The van der Waals surface area contributed by atoms with Gasteiger partial charge in [-0.25, -0.2) is 0 Å². The van der Waals surface area contributed by atoms with Crippen molar-refractivity contribution in [3.8, 4) is 0 Å². The Morgan fingerprint density at radius 1 is 1.44 bits per heavy atom. The zero-order chi connectivity index (χ0) is 11.5. The second kappa shape index (κ2) is 4.53. The molecule has 2 rings (SSSR count). The molecule has 2 aromatic rings. The van der Waals surface area contributed by atoms with E-state index in [0.29, 0.717) is 6.54 Å². The predicted molar refractivity (Wildman–Crippen MR) is 62.3 cm³/mol. The lowest BCUT2D eigenvalue weighted by molar-refractivity contribution is 0.454. The first-order chi connectivity index (χ1) is 7.70. The second-order valence-electron chi connectivity index (χ2n) is 3.95. The highest BCUT2D eigenvalue weighted by Crippen LogP contribution is 2.15. The highest BCUT2D eigenvalue weighted by atomic mass is 16.3. The largest absolute Gasteiger partial charge is 0.464 e. The predicted octanol–water partition coefficient (Wildman–Crippen LogP) is 1.86. The maximum absolute atomic E-state index is 5.69. The summed E-state index contributed by atoms with van der Waals surface area (Å²) in [5.74, 6) is 1.93. The van der Waals surface area contributed by atoms with E-state index in [0.717, 1.165) is 23.8 Å². The second-order valence-corrected chi connectivity index (χ2v) is 3.95. The van der Waals surface area contributed by atoms with Crippen molar-refractivity contribution in [3.63, 3.8) is 0 Å². The van der Waals surface area contributed by atoms with Crippen LogP contribution < -0.4 is 5.32 Å². The van der Waals surface area contributed by atoms with Crippen LogP contribution in [-0.2, 0) is 13.1 Å². The molecule has 0 aromatic carbocycles. The average Bonchev–Trinajstić information content (AvgIpc) is 2.77. The van der Waals surface area contributed by atoms with E-state index in [1.165, 1.54) is 5.56 Å². The van der Waals surface area contributed by atoms with Gasteiger partial charge in [-0.15, -0.1) is 0 Å². The standard InChI is InChI=1S/C12H17N3O/c1-9-4-5-14-15(9)8-12-6-11(7-13-3)10(2)16-12/h4-6,13H,7-8H2,1-3H3. The molecule has 86 valence electrons. The summed E-state index contributed by atoms with van der Waals surface area (Å²) in [7, 11) is 1.93. The lowest BCUT2D eigenvalue weighted by Gasteiger charge is -2.00. The lowest BCUT2D eigenvalue weighted by Crippen LogP contribution is -2.05. The van der Waals surface area contributed by atoms with Crippen molar-refractivity contribution in [2.45, 2.75) is 26.9 Å². The van der Waals surface area contributed by atoms with Crippen molar-refractivity contribution in [1.82, 2.24) is 15.1 Å². The van der Waals surface area contributed by atoms with E-state index in [-0.39, 0.29) is 0 Å². The minimum Gasteiger partial charge on any atom is -0.464 e. The van der Waals surface area contributed by atoms with Gasteiger partial charge in [0.25, 0.3) is 0 Å². The van der Waals surface area contributed by atoms with Crippen molar-refractivity contribution in [3.05, 3.63) is 41.1 Å². The van der Waals surface area contributed by atoms with Crippen molar-refractivity contribution in [1.29, 1.82) is 0 Å². The number of furan rings is 1. The Bertz CT molecular complexity index is 470. The molecule has 16 heavy (non-hydrogen) atoms. The third-order valence-electron chi connectivity index (χ3n) is 2.67. The normalized spacial score (nSPS) is 10.9. The van der Waals surface area contributed by atoms with Crippen LogP contribution in [0.25, 0.3) is 0 Å². The van der Waals surface area contributed by atoms with E-state index in [2.05, 4.69) is 16.5 Å². The van der Waals surface area contributed by atoms with Crippen LogP contribution in [0.3, 0.4) is 0 Å². The van der Waals surface area contributed by atoms with Gasteiger partial charge in [0.1, 0.15) is 11.5 Å². The minimum absolute atomic E-state index is 0.698. The molecule has 0 atom stereocenters. The van der Waals surface area contributed by atoms with Crippen LogP contribution in [0.4, 0.5) is 0 Å². The maximum Gasteiger partial charge on any atom is 0.125 e. The highest BCUT2D eigenvalue weighted by molar-refractivity contribution is 5.21. The maximum atomic E-state index is 5.69. The van der Waals surface area contributed by atoms with Crippen LogP contribution in [0, 0.1) is 13.8 Å². The summed E-state index contributed by atoms with van der Waals surface area (Å²) in [6.07, 6.45) is 1.81. The number of hydrogen-bond acceptors (Lipinski definition) is 3. The fourth-order valence-electron chi connectivity index (χ4n) is 1.74. The fourth-order valence-corrected chi connectivity index (χ4v) is 1.74. The van der Waals surface area contributed by atoms with Crippen LogP contribution in [-0.4, -0.2) is 16.8 Å². The molecule has 4 nitrogen and oxygen atoms in total. The van der Waals surface area contributed by atoms with Gasteiger partial charge in [-0.2, -0.15) is 5.10 Å². The Balaban J connectivity index is 2.16. The molecule has 0 aliphatic carbocycles. The quantitative estimate of drug-likeness (QED) is 0.853. The molecular weight excluding hydrogens is 202 g/mol. The molecule has 0 radical (unpaired) electrons. The molecule has 1 N–H and O–H groups in total. The number of nitrogens with one attached hydrogen (secondary N) is 1. The molecule has 0 saturated heterocycles. The van der Waals surface area contributed by atoms with Crippen molar-refractivity contribution in [2.24, 2.45) is 0 Å². The molecule has 0 spiro atoms. The van der Waals surface area contributed by atoms with Gasteiger partial charge >= 0.3 is 0 Å². The van der Waals surface area contributed by atoms with Gasteiger partial charge in [0.2, 0.25) is 0 Å². The molecule has 0 saturated carbocycles. The zero-order valence-electron chi connectivity index (χ0n) is 9.95. The molecule has 4 heteroatoms. The summed E-state index contributed by atoms with van der Waals surface area (Å²) >= 11 is 0. The number of rotatable bonds is 4. The summed E-state index contributed by atoms with van der Waals surface area (Å²) in [5.41, 5.74) is 2.35. The Kier molecular flexibility index (Phi) is 3.10. The number of aryl methyl sites for hydroxylation is 2. The zero-order valence-corrected chi connectivity index (χ0v) is 9.95. The number of aromatic nitrogens is 2. The van der Waals surface area contributed by atoms with Gasteiger partial charge in [-0.1, -0.05) is 0 Å². The SMILES string of the molecule is CNCc1cc(Cn2nccc2C)oc1C. The van der Waals surface area contributed by atoms with Gasteiger partial charge < -0.3 is 9.73 Å². The van der Waals surface area contributed by atoms with Crippen LogP contribution >= 0.6 is 0 Å². The Hall–Kier alpha value is -1.55. The Morgan fingerprint density at radius 3 is 2.88 bits per heavy atom. The van der Waals surface area contributed by atoms with Crippen molar-refractivity contribution >= 4 is 0 Å². The number of nitrogens with zero attached hydrogens (tertiary/aromatic N) is 2. The summed E-state index contributed by atoms with van der Waals surface area (Å²) in [4.78, 5) is 0. The number of hydrogen-bond donors (Lipinski definition) is 1. The Morgan fingerprint density at radius 2 is 2.25 bits per heavy atom. The molecule has 0 fully saturated rings. The lowest BCUT2D eigenvalue weighted by atomic mass is 10.2. The first-order valence-corrected chi connectivity index (χ1v) is 5.42. The molecule has 0 amide bonds. The van der Waals surface area contributed by atoms with Crippen molar-refractivity contribution < 1.29 is 4.42 Å². The van der Waals surface area contributed by atoms with Crippen LogP contribution in [0.5, 0.6) is 0 Å². The van der Waals surface area contributed by atoms with Crippen LogP contribution in [0.2, 0.25) is 0 Å². The van der Waals surface area contributed by atoms with E-state index in [4.69, 9.17) is 4.42 Å². The van der Waals surface area contributed by atoms with Gasteiger partial charge in [0.15, 0.2) is 0 Å². The van der Waals surface area contributed by atoms with E-state index >= 15 is 0 Å². The van der Waals surface area contributed by atoms with Crippen LogP contribution in [0.1, 0.15) is 22.8 Å². The average molecular weight is 219 g/mol. The van der Waals surface area contributed by atoms with E-state index in [1.54, 1.807) is 6.20 Å². The van der Waals surface area contributed by atoms with Crippen LogP contribution in [0.15, 0.2) is 22.7 Å². The monoisotopic (exact) mass is 219 g/mol. The minimum atomic E-state index is 0.698. The smallest absolute Gasteiger partial charge is 0.125 e. The summed E-state index contributed by atoms with van der Waals surface area (Å²) in [6.45, 7) is 5.57. The van der Waals surface area contributed by atoms with E-state index < -0.39 is 0 Å². The first kappa shape index (κ1) is 11.0. The summed E-state index contributed by atoms with van der Waals surface area (Å²) in [5, 5.41) is 7.36. The van der Waals surface area contributed by atoms with Gasteiger partial charge in [0.05, 0.1) is 6.54 Å². The Labute approximate surface area is 95.3 Å². The first-order valence-electron chi connectivity index (χ1n) is 5.42. The van der Waals surface area contributed by atoms with E-state index in [9.17, 15) is 0 Å². The van der Waals surface area contributed by atoms with Gasteiger partial charge in [-0.05, 0) is 33.0 Å². The topological polar surface area (TPSA) is 43.0 Å². The third-order valence-corrected chi connectivity index (χ3v) is 2.67. The van der Waals surface area contributed by atoms with Gasteiger partial charge in [0, 0.05) is 24.0 Å². The summed E-state index contributed by atoms with van der Waals surface area (Å²) < 4.78 is 7.63. The van der Waals surface area contributed by atoms with Crippen molar-refractivity contribution in [2.75, 3.05) is 7.05 Å².